The predicted octanol–water partition coefficient (Wildman–Crippen LogP) is 3.14. The van der Waals surface area contributed by atoms with Crippen molar-refractivity contribution < 1.29 is 4.74 Å². The van der Waals surface area contributed by atoms with E-state index < -0.39 is 0 Å². The van der Waals surface area contributed by atoms with Gasteiger partial charge in [0.15, 0.2) is 0 Å². The summed E-state index contributed by atoms with van der Waals surface area (Å²) in [5.41, 5.74) is 2.05. The zero-order chi connectivity index (χ0) is 12.8. The van der Waals surface area contributed by atoms with E-state index in [1.807, 2.05) is 37.4 Å². The number of nitrogens with one attached hydrogen (secondary N) is 1. The minimum absolute atomic E-state index is 0.485. The second-order valence-electron chi connectivity index (χ2n) is 3.89. The van der Waals surface area contributed by atoms with Crippen molar-refractivity contribution in [1.29, 1.82) is 0 Å². The van der Waals surface area contributed by atoms with E-state index in [2.05, 4.69) is 32.3 Å². The fraction of sp³-hybridized carbons (Fsp3) is 0.214. The van der Waals surface area contributed by atoms with Gasteiger partial charge in [0, 0.05) is 22.8 Å². The van der Waals surface area contributed by atoms with Gasteiger partial charge in [-0.05, 0) is 37.4 Å². The highest BCUT2D eigenvalue weighted by atomic mass is 79.9. The smallest absolute Gasteiger partial charge is 0.130 e. The summed E-state index contributed by atoms with van der Waals surface area (Å²) in [4.78, 5) is 4.24. The van der Waals surface area contributed by atoms with Gasteiger partial charge >= 0.3 is 0 Å². The van der Waals surface area contributed by atoms with Crippen molar-refractivity contribution in [3.63, 3.8) is 0 Å². The maximum Gasteiger partial charge on any atom is 0.130 e. The zero-order valence-corrected chi connectivity index (χ0v) is 11.8. The summed E-state index contributed by atoms with van der Waals surface area (Å²) in [7, 11) is 1.92. The Labute approximate surface area is 115 Å². The van der Waals surface area contributed by atoms with E-state index in [1.54, 1.807) is 6.20 Å². The van der Waals surface area contributed by atoms with Crippen LogP contribution in [0.25, 0.3) is 0 Å². The Hall–Kier alpha value is -1.39. The third-order valence-electron chi connectivity index (χ3n) is 2.49. The van der Waals surface area contributed by atoms with Crippen LogP contribution in [0.5, 0.6) is 5.75 Å². The van der Waals surface area contributed by atoms with Crippen molar-refractivity contribution in [3.05, 3.63) is 58.3 Å². The molecule has 0 atom stereocenters. The van der Waals surface area contributed by atoms with Gasteiger partial charge in [-0.3, -0.25) is 4.98 Å². The lowest BCUT2D eigenvalue weighted by molar-refractivity contribution is 0.297. The van der Waals surface area contributed by atoms with Crippen LogP contribution in [0.15, 0.2) is 47.1 Å². The first-order valence-electron chi connectivity index (χ1n) is 5.75. The summed E-state index contributed by atoms with van der Waals surface area (Å²) in [6, 6.07) is 11.8. The minimum Gasteiger partial charge on any atom is -0.487 e. The van der Waals surface area contributed by atoms with Crippen LogP contribution in [0.2, 0.25) is 0 Å². The molecule has 3 nitrogen and oxygen atoms in total. The van der Waals surface area contributed by atoms with Crippen molar-refractivity contribution in [1.82, 2.24) is 10.3 Å². The number of benzene rings is 1. The van der Waals surface area contributed by atoms with E-state index in [0.717, 1.165) is 28.0 Å². The van der Waals surface area contributed by atoms with Gasteiger partial charge in [-0.1, -0.05) is 22.0 Å². The Balaban J connectivity index is 2.09. The minimum atomic E-state index is 0.485. The van der Waals surface area contributed by atoms with Crippen molar-refractivity contribution in [2.24, 2.45) is 0 Å². The van der Waals surface area contributed by atoms with E-state index in [1.165, 1.54) is 0 Å². The fourth-order valence-electron chi connectivity index (χ4n) is 1.65. The maximum absolute atomic E-state index is 5.81. The van der Waals surface area contributed by atoms with E-state index in [-0.39, 0.29) is 0 Å². The van der Waals surface area contributed by atoms with Gasteiger partial charge in [0.1, 0.15) is 12.4 Å². The average Bonchev–Trinajstić information content (AvgIpc) is 2.39. The number of pyridine rings is 1. The highest BCUT2D eigenvalue weighted by Gasteiger charge is 2.04. The number of rotatable bonds is 5. The third-order valence-corrected chi connectivity index (χ3v) is 2.98. The summed E-state index contributed by atoms with van der Waals surface area (Å²) in [6.07, 6.45) is 1.77. The van der Waals surface area contributed by atoms with Gasteiger partial charge in [0.05, 0.1) is 5.69 Å². The van der Waals surface area contributed by atoms with Gasteiger partial charge in [-0.25, -0.2) is 0 Å². The molecular weight excluding hydrogens is 292 g/mol. The SMILES string of the molecule is CNCc1cc(Br)ccc1OCc1ccccn1. The van der Waals surface area contributed by atoms with Crippen molar-refractivity contribution in [2.75, 3.05) is 7.05 Å². The molecule has 4 heteroatoms. The number of aromatic nitrogens is 1. The van der Waals surface area contributed by atoms with Gasteiger partial charge in [0.2, 0.25) is 0 Å². The van der Waals surface area contributed by atoms with Gasteiger partial charge in [0.25, 0.3) is 0 Å². The van der Waals surface area contributed by atoms with Gasteiger partial charge in [-0.15, -0.1) is 0 Å². The van der Waals surface area contributed by atoms with Crippen LogP contribution in [0.1, 0.15) is 11.3 Å². The standard InChI is InChI=1S/C14H15BrN2O/c1-16-9-11-8-12(15)5-6-14(11)18-10-13-4-2-3-7-17-13/h2-8,16H,9-10H2,1H3. The molecule has 0 aliphatic heterocycles. The summed E-state index contributed by atoms with van der Waals surface area (Å²) >= 11 is 3.47. The Morgan fingerprint density at radius 3 is 2.89 bits per heavy atom. The number of ether oxygens (including phenoxy) is 1. The Morgan fingerprint density at radius 1 is 1.28 bits per heavy atom. The molecule has 2 aromatic rings. The zero-order valence-electron chi connectivity index (χ0n) is 10.2. The lowest BCUT2D eigenvalue weighted by Crippen LogP contribution is -2.08. The quantitative estimate of drug-likeness (QED) is 0.921. The molecule has 0 unspecified atom stereocenters. The van der Waals surface area contributed by atoms with Crippen LogP contribution < -0.4 is 10.1 Å². The van der Waals surface area contributed by atoms with E-state index in [0.29, 0.717) is 6.61 Å². The van der Waals surface area contributed by atoms with Gasteiger partial charge in [-0.2, -0.15) is 0 Å². The fourth-order valence-corrected chi connectivity index (χ4v) is 2.06. The topological polar surface area (TPSA) is 34.1 Å². The Kier molecular flexibility index (Phi) is 4.73. The number of nitrogens with zero attached hydrogens (tertiary/aromatic N) is 1. The third kappa shape index (κ3) is 3.55. The normalized spacial score (nSPS) is 10.3. The molecule has 0 aliphatic rings. The molecule has 0 saturated heterocycles. The largest absolute Gasteiger partial charge is 0.487 e. The van der Waals surface area contributed by atoms with Crippen LogP contribution in [0, 0.1) is 0 Å². The van der Waals surface area contributed by atoms with Crippen LogP contribution >= 0.6 is 15.9 Å². The first kappa shape index (κ1) is 13.1. The monoisotopic (exact) mass is 306 g/mol. The molecule has 1 N–H and O–H groups in total. The lowest BCUT2D eigenvalue weighted by Gasteiger charge is -2.11. The average molecular weight is 307 g/mol. The molecule has 94 valence electrons. The maximum atomic E-state index is 5.81. The molecule has 1 heterocycles. The van der Waals surface area contributed by atoms with E-state index in [4.69, 9.17) is 4.74 Å². The van der Waals surface area contributed by atoms with Crippen LogP contribution in [0.3, 0.4) is 0 Å². The Bertz CT molecular complexity index is 502. The van der Waals surface area contributed by atoms with Crippen LogP contribution in [-0.2, 0) is 13.2 Å². The molecule has 0 spiro atoms. The first-order valence-corrected chi connectivity index (χ1v) is 6.54. The first-order chi connectivity index (χ1) is 8.79. The van der Waals surface area contributed by atoms with E-state index >= 15 is 0 Å². The van der Waals surface area contributed by atoms with Crippen LogP contribution in [-0.4, -0.2) is 12.0 Å². The molecule has 1 aromatic carbocycles. The molecule has 0 fully saturated rings. The molecule has 0 amide bonds. The second-order valence-corrected chi connectivity index (χ2v) is 4.81. The number of hydrogen-bond acceptors (Lipinski definition) is 3. The Morgan fingerprint density at radius 2 is 2.17 bits per heavy atom. The molecule has 0 saturated carbocycles. The molecule has 1 aromatic heterocycles. The summed E-state index contributed by atoms with van der Waals surface area (Å²) in [6.45, 7) is 1.26. The van der Waals surface area contributed by atoms with Crippen molar-refractivity contribution in [2.45, 2.75) is 13.2 Å². The van der Waals surface area contributed by atoms with Gasteiger partial charge < -0.3 is 10.1 Å². The second kappa shape index (κ2) is 6.52. The number of halogens is 1. The molecular formula is C14H15BrN2O. The summed E-state index contributed by atoms with van der Waals surface area (Å²) < 4.78 is 6.86. The molecule has 0 bridgehead atoms. The molecule has 2 rings (SSSR count). The summed E-state index contributed by atoms with van der Waals surface area (Å²) in [5, 5.41) is 3.13. The molecule has 0 aliphatic carbocycles. The highest BCUT2D eigenvalue weighted by molar-refractivity contribution is 9.10. The van der Waals surface area contributed by atoms with E-state index in [9.17, 15) is 0 Å². The molecule has 18 heavy (non-hydrogen) atoms. The number of hydrogen-bond donors (Lipinski definition) is 1. The highest BCUT2D eigenvalue weighted by Crippen LogP contribution is 2.23. The van der Waals surface area contributed by atoms with Crippen molar-refractivity contribution >= 4 is 15.9 Å². The summed E-state index contributed by atoms with van der Waals surface area (Å²) in [5.74, 6) is 0.887. The predicted molar refractivity (Wildman–Crippen MR) is 75.5 cm³/mol. The van der Waals surface area contributed by atoms with Crippen LogP contribution in [0.4, 0.5) is 0 Å². The molecule has 0 radical (unpaired) electrons. The van der Waals surface area contributed by atoms with Crippen molar-refractivity contribution in [3.8, 4) is 5.75 Å². The lowest BCUT2D eigenvalue weighted by atomic mass is 10.2.